The number of carbonyl (C=O) groups excluding carboxylic acids is 2. The summed E-state index contributed by atoms with van der Waals surface area (Å²) in [6, 6.07) is -1.03. The fourth-order valence-electron chi connectivity index (χ4n) is 10.9. The van der Waals surface area contributed by atoms with Gasteiger partial charge in [0, 0.05) is 6.42 Å². The molecule has 1 amide bonds. The molecule has 1 saturated heterocycles. The van der Waals surface area contributed by atoms with Crippen molar-refractivity contribution >= 4 is 11.9 Å². The summed E-state index contributed by atoms with van der Waals surface area (Å²) in [6.45, 7) is 5.70. The lowest BCUT2D eigenvalue weighted by Gasteiger charge is -2.41. The van der Waals surface area contributed by atoms with Crippen molar-refractivity contribution in [1.29, 1.82) is 0 Å². The maximum absolute atomic E-state index is 13.5. The van der Waals surface area contributed by atoms with E-state index in [0.717, 1.165) is 103 Å². The Hall–Kier alpha value is -3.16. The second-order valence-corrected chi connectivity index (χ2v) is 24.6. The van der Waals surface area contributed by atoms with Gasteiger partial charge >= 0.3 is 5.97 Å². The molecule has 1 fully saturated rings. The number of hydrogen-bond acceptors (Lipinski definition) is 10. The molecule has 11 nitrogen and oxygen atoms in total. The van der Waals surface area contributed by atoms with E-state index in [4.69, 9.17) is 14.2 Å². The fraction of sp³-hybridized carbons (Fsp3) is 0.787. The summed E-state index contributed by atoms with van der Waals surface area (Å²) in [6.07, 6.45) is 71.9. The predicted octanol–water partition coefficient (Wildman–Crippen LogP) is 18.5. The van der Waals surface area contributed by atoms with Crippen LogP contribution in [0.25, 0.3) is 0 Å². The van der Waals surface area contributed by atoms with Crippen LogP contribution in [0.15, 0.2) is 85.1 Å². The summed E-state index contributed by atoms with van der Waals surface area (Å²) in [7, 11) is 0. The van der Waals surface area contributed by atoms with Gasteiger partial charge < -0.3 is 45.1 Å². The van der Waals surface area contributed by atoms with Gasteiger partial charge in [0.15, 0.2) is 12.4 Å². The molecule has 0 aromatic heterocycles. The zero-order chi connectivity index (χ0) is 62.4. The SMILES string of the molecule is CC/C=C\C/C=C\C/C=C\C/C=C\C/C=C\CCCCCCCCCCCC(=O)OC1C(OCC(NC(=O)C(O)CCCCCCCCCCCC/C=C/CCCCCCCC)C(O)/C=C/CCCCCCCCCCCC)OC(CO)C(O)C1O. The molecule has 1 aliphatic heterocycles. The van der Waals surface area contributed by atoms with E-state index in [-0.39, 0.29) is 19.4 Å². The second-order valence-electron chi connectivity index (χ2n) is 24.6. The molecular weight excluding hydrogens is 1070 g/mol. The molecule has 1 heterocycles. The molecule has 6 N–H and O–H groups in total. The van der Waals surface area contributed by atoms with Crippen LogP contribution in [0.1, 0.15) is 316 Å². The van der Waals surface area contributed by atoms with Gasteiger partial charge in [0.25, 0.3) is 0 Å². The molecule has 498 valence electrons. The van der Waals surface area contributed by atoms with E-state index in [9.17, 15) is 35.1 Å². The van der Waals surface area contributed by atoms with Crippen molar-refractivity contribution in [2.45, 2.75) is 365 Å². The van der Waals surface area contributed by atoms with E-state index in [1.54, 1.807) is 6.08 Å². The summed E-state index contributed by atoms with van der Waals surface area (Å²) in [5.41, 5.74) is 0. The van der Waals surface area contributed by atoms with Crippen molar-refractivity contribution < 1.29 is 49.3 Å². The van der Waals surface area contributed by atoms with Crippen LogP contribution in [0, 0.1) is 0 Å². The number of rotatable bonds is 61. The molecule has 8 atom stereocenters. The first-order valence-corrected chi connectivity index (χ1v) is 35.9. The quantitative estimate of drug-likeness (QED) is 0.0195. The molecule has 1 aliphatic rings. The third-order valence-electron chi connectivity index (χ3n) is 16.5. The molecule has 11 heteroatoms. The molecule has 0 spiro atoms. The van der Waals surface area contributed by atoms with Crippen LogP contribution in [0.4, 0.5) is 0 Å². The van der Waals surface area contributed by atoms with Crippen LogP contribution < -0.4 is 5.32 Å². The number of aliphatic hydroxyl groups is 5. The first-order chi connectivity index (χ1) is 42.2. The van der Waals surface area contributed by atoms with E-state index in [1.165, 1.54) is 167 Å². The molecule has 0 radical (unpaired) electrons. The Kier molecular flexibility index (Phi) is 58.3. The summed E-state index contributed by atoms with van der Waals surface area (Å²) in [5, 5.41) is 57.3. The van der Waals surface area contributed by atoms with E-state index < -0.39 is 67.4 Å². The Morgan fingerprint density at radius 2 is 0.837 bits per heavy atom. The number of unbranched alkanes of at least 4 members (excludes halogenated alkanes) is 35. The topological polar surface area (TPSA) is 175 Å². The lowest BCUT2D eigenvalue weighted by molar-refractivity contribution is -0.305. The van der Waals surface area contributed by atoms with Gasteiger partial charge in [0.2, 0.25) is 5.91 Å². The number of ether oxygens (including phenoxy) is 3. The molecule has 0 aromatic rings. The maximum Gasteiger partial charge on any atom is 0.306 e. The zero-order valence-electron chi connectivity index (χ0n) is 55.4. The number of amides is 1. The summed E-state index contributed by atoms with van der Waals surface area (Å²) in [5.74, 6) is -1.20. The fourth-order valence-corrected chi connectivity index (χ4v) is 10.9. The Balaban J connectivity index is 2.57. The summed E-state index contributed by atoms with van der Waals surface area (Å²) in [4.78, 5) is 26.7. The average molecular weight is 1210 g/mol. The van der Waals surface area contributed by atoms with Crippen molar-refractivity contribution in [1.82, 2.24) is 5.32 Å². The summed E-state index contributed by atoms with van der Waals surface area (Å²) < 4.78 is 17.7. The largest absolute Gasteiger partial charge is 0.454 e. The smallest absolute Gasteiger partial charge is 0.306 e. The number of esters is 1. The van der Waals surface area contributed by atoms with Gasteiger partial charge in [-0.3, -0.25) is 9.59 Å². The molecule has 86 heavy (non-hydrogen) atoms. The highest BCUT2D eigenvalue weighted by Crippen LogP contribution is 2.26. The van der Waals surface area contributed by atoms with Gasteiger partial charge in [-0.1, -0.05) is 298 Å². The van der Waals surface area contributed by atoms with Gasteiger partial charge in [-0.2, -0.15) is 0 Å². The Bertz CT molecular complexity index is 1720. The van der Waals surface area contributed by atoms with E-state index in [2.05, 4.69) is 99.0 Å². The predicted molar refractivity (Wildman–Crippen MR) is 361 cm³/mol. The first kappa shape index (κ1) is 80.9. The number of allylic oxidation sites excluding steroid dienone is 13. The van der Waals surface area contributed by atoms with Crippen LogP contribution in [0.3, 0.4) is 0 Å². The lowest BCUT2D eigenvalue weighted by atomic mass is 9.99. The molecule has 0 aliphatic carbocycles. The van der Waals surface area contributed by atoms with Gasteiger partial charge in [-0.25, -0.2) is 0 Å². The second kappa shape index (κ2) is 62.1. The van der Waals surface area contributed by atoms with Crippen LogP contribution in [0.5, 0.6) is 0 Å². The highest BCUT2D eigenvalue weighted by atomic mass is 16.7. The Morgan fingerprint density at radius 3 is 1.27 bits per heavy atom. The van der Waals surface area contributed by atoms with Crippen molar-refractivity contribution in [3.05, 3.63) is 85.1 Å². The van der Waals surface area contributed by atoms with Crippen molar-refractivity contribution in [2.75, 3.05) is 13.2 Å². The third-order valence-corrected chi connectivity index (χ3v) is 16.5. The number of hydrogen-bond donors (Lipinski definition) is 6. The molecule has 0 bridgehead atoms. The minimum Gasteiger partial charge on any atom is -0.454 e. The highest BCUT2D eigenvalue weighted by Gasteiger charge is 2.47. The van der Waals surface area contributed by atoms with Gasteiger partial charge in [-0.05, 0) is 96.3 Å². The average Bonchev–Trinajstić information content (AvgIpc) is 3.39. The molecular formula is C75H133NO10. The van der Waals surface area contributed by atoms with Crippen LogP contribution >= 0.6 is 0 Å². The molecule has 0 aromatic carbocycles. The normalized spacial score (nSPS) is 18.8. The van der Waals surface area contributed by atoms with Gasteiger partial charge in [0.1, 0.15) is 24.4 Å². The third kappa shape index (κ3) is 48.7. The van der Waals surface area contributed by atoms with Crippen LogP contribution in [-0.4, -0.2) is 99.6 Å². The zero-order valence-corrected chi connectivity index (χ0v) is 55.4. The highest BCUT2D eigenvalue weighted by molar-refractivity contribution is 5.80. The van der Waals surface area contributed by atoms with Gasteiger partial charge in [-0.15, -0.1) is 0 Å². The maximum atomic E-state index is 13.5. The minimum atomic E-state index is -1.62. The van der Waals surface area contributed by atoms with Crippen LogP contribution in [-0.2, 0) is 23.8 Å². The standard InChI is InChI=1S/C75H133NO10/c1-4-7-10-13-16-19-22-25-27-29-31-33-34-35-36-37-39-41-43-45-48-51-54-57-60-63-70(80)86-73-72(82)71(81)69(64-77)85-75(73)84-65-66(67(78)61-58-55-52-49-46-24-21-18-15-12-9-6-3)76-74(83)68(79)62-59-56-53-50-47-44-42-40-38-32-30-28-26-23-20-17-14-11-8-5-2/h7,10,16,19,25-28,31,33,35-36,58,61,66-69,71-73,75,77-79,81-82H,4-6,8-9,11-15,17-18,20-24,29-30,32,34,37-57,59-60,62-65H2,1-3H3,(H,76,83)/b10-7-,19-16-,27-25-,28-26+,33-31-,36-35-,61-58+. The monoisotopic (exact) mass is 1210 g/mol. The first-order valence-electron chi connectivity index (χ1n) is 35.9. The molecule has 8 unspecified atom stereocenters. The lowest BCUT2D eigenvalue weighted by Crippen LogP contribution is -2.61. The van der Waals surface area contributed by atoms with Crippen molar-refractivity contribution in [2.24, 2.45) is 0 Å². The Morgan fingerprint density at radius 1 is 0.465 bits per heavy atom. The van der Waals surface area contributed by atoms with Gasteiger partial charge in [0.05, 0.1) is 25.4 Å². The molecule has 1 rings (SSSR count). The Labute approximate surface area is 527 Å². The van der Waals surface area contributed by atoms with Crippen LogP contribution in [0.2, 0.25) is 0 Å². The number of aliphatic hydroxyl groups excluding tert-OH is 5. The van der Waals surface area contributed by atoms with E-state index in [0.29, 0.717) is 12.8 Å². The van der Waals surface area contributed by atoms with Crippen molar-refractivity contribution in [3.8, 4) is 0 Å². The number of nitrogens with one attached hydrogen (secondary N) is 1. The summed E-state index contributed by atoms with van der Waals surface area (Å²) >= 11 is 0. The minimum absolute atomic E-state index is 0.113. The van der Waals surface area contributed by atoms with E-state index >= 15 is 0 Å². The number of carbonyl (C=O) groups is 2. The van der Waals surface area contributed by atoms with E-state index in [1.807, 2.05) is 6.08 Å². The molecule has 0 saturated carbocycles. The van der Waals surface area contributed by atoms with Crippen molar-refractivity contribution in [3.63, 3.8) is 0 Å².